The molecule has 10 heavy (non-hydrogen) atoms. The van der Waals surface area contributed by atoms with E-state index < -0.39 is 0 Å². The van der Waals surface area contributed by atoms with Crippen LogP contribution in [0, 0.1) is 13.5 Å². The molecule has 3 heteroatoms. The molecule has 0 spiro atoms. The van der Waals surface area contributed by atoms with E-state index >= 15 is 0 Å². The summed E-state index contributed by atoms with van der Waals surface area (Å²) in [5.41, 5.74) is 1.98. The summed E-state index contributed by atoms with van der Waals surface area (Å²) >= 11 is 0. The second kappa shape index (κ2) is 2.53. The van der Waals surface area contributed by atoms with Gasteiger partial charge in [-0.3, -0.25) is 4.68 Å². The summed E-state index contributed by atoms with van der Waals surface area (Å²) in [5.74, 6) is 0. The van der Waals surface area contributed by atoms with E-state index in [4.69, 9.17) is 6.57 Å². The quantitative estimate of drug-likeness (QED) is 0.529. The zero-order chi connectivity index (χ0) is 7.56. The van der Waals surface area contributed by atoms with E-state index in [1.807, 2.05) is 20.2 Å². The summed E-state index contributed by atoms with van der Waals surface area (Å²) in [5, 5.41) is 4.10. The van der Waals surface area contributed by atoms with Crippen molar-refractivity contribution < 1.29 is 0 Å². The van der Waals surface area contributed by atoms with Gasteiger partial charge in [-0.1, -0.05) is 0 Å². The van der Waals surface area contributed by atoms with Crippen molar-refractivity contribution in [3.8, 4) is 0 Å². The molecule has 0 saturated heterocycles. The Kier molecular flexibility index (Phi) is 1.72. The lowest BCUT2D eigenvalue weighted by Gasteiger charge is -1.81. The van der Waals surface area contributed by atoms with E-state index in [9.17, 15) is 0 Å². The van der Waals surface area contributed by atoms with Crippen molar-refractivity contribution in [1.29, 1.82) is 0 Å². The Morgan fingerprint density at radius 3 is 2.90 bits per heavy atom. The van der Waals surface area contributed by atoms with Crippen LogP contribution in [0.5, 0.6) is 0 Å². The molecule has 0 atom stereocenters. The first-order valence-corrected chi connectivity index (χ1v) is 3.06. The molecule has 1 heterocycles. The SMILES string of the molecule is [C-]#[N+]Cc1cn(C)nc1C. The molecule has 3 nitrogen and oxygen atoms in total. The molecule has 52 valence electrons. The first kappa shape index (κ1) is 6.81. The van der Waals surface area contributed by atoms with Gasteiger partial charge in [0.25, 0.3) is 0 Å². The third-order valence-corrected chi connectivity index (χ3v) is 1.36. The monoisotopic (exact) mass is 135 g/mol. The second-order valence-corrected chi connectivity index (χ2v) is 2.23. The van der Waals surface area contributed by atoms with E-state index in [0.717, 1.165) is 11.3 Å². The zero-order valence-corrected chi connectivity index (χ0v) is 6.13. The lowest BCUT2D eigenvalue weighted by Crippen LogP contribution is -1.86. The molecule has 0 aliphatic carbocycles. The molecule has 0 bridgehead atoms. The van der Waals surface area contributed by atoms with Crippen molar-refractivity contribution >= 4 is 0 Å². The molecule has 0 amide bonds. The van der Waals surface area contributed by atoms with Gasteiger partial charge < -0.3 is 4.85 Å². The maximum atomic E-state index is 6.63. The molecule has 0 saturated carbocycles. The number of hydrogen-bond acceptors (Lipinski definition) is 1. The van der Waals surface area contributed by atoms with Gasteiger partial charge >= 0.3 is 0 Å². The van der Waals surface area contributed by atoms with Crippen LogP contribution in [0.2, 0.25) is 0 Å². The smallest absolute Gasteiger partial charge is 0.243 e. The number of aryl methyl sites for hydroxylation is 2. The molecule has 0 aliphatic rings. The fourth-order valence-electron chi connectivity index (χ4n) is 0.889. The van der Waals surface area contributed by atoms with Gasteiger partial charge in [-0.05, 0) is 6.92 Å². The summed E-state index contributed by atoms with van der Waals surface area (Å²) in [7, 11) is 1.86. The third kappa shape index (κ3) is 1.16. The van der Waals surface area contributed by atoms with Gasteiger partial charge in [0, 0.05) is 13.2 Å². The van der Waals surface area contributed by atoms with Crippen LogP contribution in [0.4, 0.5) is 0 Å². The Labute approximate surface area is 60.1 Å². The summed E-state index contributed by atoms with van der Waals surface area (Å²) in [6, 6.07) is 0. The summed E-state index contributed by atoms with van der Waals surface area (Å²) < 4.78 is 1.73. The van der Waals surface area contributed by atoms with Crippen LogP contribution < -0.4 is 0 Å². The fourth-order valence-corrected chi connectivity index (χ4v) is 0.889. The average molecular weight is 135 g/mol. The van der Waals surface area contributed by atoms with Gasteiger partial charge in [-0.25, -0.2) is 6.57 Å². The maximum Gasteiger partial charge on any atom is 0.243 e. The normalized spacial score (nSPS) is 9.30. The average Bonchev–Trinajstić information content (AvgIpc) is 2.13. The molecule has 1 aromatic heterocycles. The lowest BCUT2D eigenvalue weighted by molar-refractivity contribution is 0.756. The van der Waals surface area contributed by atoms with Crippen LogP contribution in [0.25, 0.3) is 4.85 Å². The minimum Gasteiger partial charge on any atom is -0.312 e. The number of aromatic nitrogens is 2. The predicted molar refractivity (Wildman–Crippen MR) is 38.3 cm³/mol. The van der Waals surface area contributed by atoms with Gasteiger partial charge in [0.05, 0.1) is 11.3 Å². The van der Waals surface area contributed by atoms with Gasteiger partial charge in [-0.2, -0.15) is 5.10 Å². The third-order valence-electron chi connectivity index (χ3n) is 1.36. The standard InChI is InChI=1S/C7H9N3/c1-6-7(4-8-2)5-10(3)9-6/h5H,4H2,1,3H3. The van der Waals surface area contributed by atoms with Crippen molar-refractivity contribution in [3.63, 3.8) is 0 Å². The minimum absolute atomic E-state index is 0.444. The topological polar surface area (TPSA) is 22.2 Å². The highest BCUT2D eigenvalue weighted by atomic mass is 15.2. The van der Waals surface area contributed by atoms with Crippen LogP contribution in [-0.4, -0.2) is 9.78 Å². The number of hydrogen-bond donors (Lipinski definition) is 0. The van der Waals surface area contributed by atoms with E-state index in [-0.39, 0.29) is 0 Å². The van der Waals surface area contributed by atoms with Gasteiger partial charge in [0.1, 0.15) is 0 Å². The summed E-state index contributed by atoms with van der Waals surface area (Å²) in [4.78, 5) is 3.28. The van der Waals surface area contributed by atoms with Crippen LogP contribution >= 0.6 is 0 Å². The van der Waals surface area contributed by atoms with Crippen LogP contribution in [0.1, 0.15) is 11.3 Å². The molecular formula is C7H9N3. The summed E-state index contributed by atoms with van der Waals surface area (Å²) in [6.45, 7) is 9.00. The second-order valence-electron chi connectivity index (χ2n) is 2.23. The lowest BCUT2D eigenvalue weighted by atomic mass is 10.3. The molecule has 0 radical (unpaired) electrons. The van der Waals surface area contributed by atoms with Crippen molar-refractivity contribution in [3.05, 3.63) is 28.9 Å². The van der Waals surface area contributed by atoms with E-state index in [1.165, 1.54) is 0 Å². The van der Waals surface area contributed by atoms with Crippen molar-refractivity contribution in [2.24, 2.45) is 7.05 Å². The Balaban J connectivity index is 2.94. The largest absolute Gasteiger partial charge is 0.312 e. The Bertz CT molecular complexity index is 267. The first-order chi connectivity index (χ1) is 4.74. The van der Waals surface area contributed by atoms with Crippen LogP contribution in [-0.2, 0) is 13.6 Å². The molecule has 0 fully saturated rings. The Hall–Kier alpha value is -1.30. The summed E-state index contributed by atoms with van der Waals surface area (Å²) in [6.07, 6.45) is 1.88. The highest BCUT2D eigenvalue weighted by molar-refractivity contribution is 5.16. The minimum atomic E-state index is 0.444. The van der Waals surface area contributed by atoms with E-state index in [0.29, 0.717) is 6.54 Å². The Morgan fingerprint density at radius 2 is 2.50 bits per heavy atom. The molecule has 1 rings (SSSR count). The molecule has 0 aliphatic heterocycles. The van der Waals surface area contributed by atoms with E-state index in [2.05, 4.69) is 9.94 Å². The maximum absolute atomic E-state index is 6.63. The number of rotatable bonds is 1. The number of nitrogens with zero attached hydrogens (tertiary/aromatic N) is 3. The fraction of sp³-hybridized carbons (Fsp3) is 0.429. The van der Waals surface area contributed by atoms with E-state index in [1.54, 1.807) is 4.68 Å². The first-order valence-electron chi connectivity index (χ1n) is 3.06. The molecule has 0 N–H and O–H groups in total. The molecular weight excluding hydrogens is 126 g/mol. The van der Waals surface area contributed by atoms with Crippen LogP contribution in [0.15, 0.2) is 6.20 Å². The van der Waals surface area contributed by atoms with Crippen LogP contribution in [0.3, 0.4) is 0 Å². The van der Waals surface area contributed by atoms with Gasteiger partial charge in [0.15, 0.2) is 0 Å². The van der Waals surface area contributed by atoms with Crippen molar-refractivity contribution in [2.75, 3.05) is 0 Å². The Morgan fingerprint density at radius 1 is 1.80 bits per heavy atom. The van der Waals surface area contributed by atoms with Crippen molar-refractivity contribution in [1.82, 2.24) is 9.78 Å². The molecule has 0 aromatic carbocycles. The highest BCUT2D eigenvalue weighted by Crippen LogP contribution is 2.04. The zero-order valence-electron chi connectivity index (χ0n) is 6.13. The molecule has 0 unspecified atom stereocenters. The van der Waals surface area contributed by atoms with Gasteiger partial charge in [-0.15, -0.1) is 0 Å². The molecule has 1 aromatic rings. The van der Waals surface area contributed by atoms with Crippen molar-refractivity contribution in [2.45, 2.75) is 13.5 Å². The predicted octanol–water partition coefficient (Wildman–Crippen LogP) is 1.15. The van der Waals surface area contributed by atoms with Gasteiger partial charge in [0.2, 0.25) is 6.54 Å². The highest BCUT2D eigenvalue weighted by Gasteiger charge is 2.03.